The third kappa shape index (κ3) is 3.35. The summed E-state index contributed by atoms with van der Waals surface area (Å²) >= 11 is 0. The van der Waals surface area contributed by atoms with Crippen LogP contribution < -0.4 is 5.73 Å². The smallest absolute Gasteiger partial charge is 0.137 e. The Labute approximate surface area is 136 Å². The number of nitrogens with two attached hydrogens (primary N) is 1. The van der Waals surface area contributed by atoms with E-state index in [9.17, 15) is 0 Å². The molecule has 3 aromatic rings. The molecular weight excluding hydrogens is 286 g/mol. The first-order chi connectivity index (χ1) is 11.2. The lowest BCUT2D eigenvalue weighted by Gasteiger charge is -2.17. The average molecular weight is 309 g/mol. The summed E-state index contributed by atoms with van der Waals surface area (Å²) in [5.74, 6) is 0. The number of imidazole rings is 1. The molecule has 5 nitrogen and oxygen atoms in total. The van der Waals surface area contributed by atoms with Crippen molar-refractivity contribution < 1.29 is 0 Å². The van der Waals surface area contributed by atoms with Crippen LogP contribution in [-0.4, -0.2) is 32.9 Å². The molecule has 0 radical (unpaired) electrons. The van der Waals surface area contributed by atoms with Crippen LogP contribution in [0.4, 0.5) is 5.69 Å². The Kier molecular flexibility index (Phi) is 4.57. The molecule has 0 amide bonds. The van der Waals surface area contributed by atoms with Crippen LogP contribution in [0.15, 0.2) is 42.7 Å². The molecule has 0 saturated carbocycles. The second kappa shape index (κ2) is 6.79. The number of nitrogens with zero attached hydrogens (tertiary/aromatic N) is 4. The molecular formula is C18H23N5. The molecule has 0 fully saturated rings. The summed E-state index contributed by atoms with van der Waals surface area (Å²) in [5, 5.41) is 0. The van der Waals surface area contributed by atoms with Gasteiger partial charge in [-0.2, -0.15) is 0 Å². The zero-order chi connectivity index (χ0) is 16.2. The van der Waals surface area contributed by atoms with E-state index in [0.29, 0.717) is 0 Å². The number of pyridine rings is 2. The van der Waals surface area contributed by atoms with Gasteiger partial charge < -0.3 is 10.6 Å². The maximum Gasteiger partial charge on any atom is 0.137 e. The Balaban J connectivity index is 2.06. The van der Waals surface area contributed by atoms with E-state index in [2.05, 4.69) is 28.3 Å². The fourth-order valence-electron chi connectivity index (χ4n) is 2.73. The van der Waals surface area contributed by atoms with Crippen LogP contribution >= 0.6 is 0 Å². The van der Waals surface area contributed by atoms with Crippen LogP contribution in [0.3, 0.4) is 0 Å². The SMILES string of the molecule is CCCCN(C)Cc1c(-c2ccccn2)nc2ccc(N)cn12. The topological polar surface area (TPSA) is 59.5 Å². The third-order valence-electron chi connectivity index (χ3n) is 3.96. The van der Waals surface area contributed by atoms with Crippen molar-refractivity contribution in [3.63, 3.8) is 0 Å². The molecule has 3 heterocycles. The number of fused-ring (bicyclic) bond motifs is 1. The van der Waals surface area contributed by atoms with E-state index in [1.54, 1.807) is 6.20 Å². The van der Waals surface area contributed by atoms with Gasteiger partial charge in [-0.25, -0.2) is 4.98 Å². The number of hydrogen-bond donors (Lipinski definition) is 1. The second-order valence-electron chi connectivity index (χ2n) is 5.90. The summed E-state index contributed by atoms with van der Waals surface area (Å²) in [4.78, 5) is 11.6. The van der Waals surface area contributed by atoms with Crippen molar-refractivity contribution in [3.8, 4) is 11.4 Å². The number of anilines is 1. The zero-order valence-corrected chi connectivity index (χ0v) is 13.7. The highest BCUT2D eigenvalue weighted by molar-refractivity contribution is 5.64. The molecule has 5 heteroatoms. The fraction of sp³-hybridized carbons (Fsp3) is 0.333. The first kappa shape index (κ1) is 15.5. The van der Waals surface area contributed by atoms with Crippen molar-refractivity contribution >= 4 is 11.3 Å². The molecule has 3 rings (SSSR count). The summed E-state index contributed by atoms with van der Waals surface area (Å²) in [7, 11) is 2.14. The maximum atomic E-state index is 5.97. The molecule has 0 aliphatic rings. The monoisotopic (exact) mass is 309 g/mol. The first-order valence-electron chi connectivity index (χ1n) is 8.05. The summed E-state index contributed by atoms with van der Waals surface area (Å²) in [6.07, 6.45) is 6.13. The zero-order valence-electron chi connectivity index (χ0n) is 13.7. The van der Waals surface area contributed by atoms with Gasteiger partial charge in [0.2, 0.25) is 0 Å². The van der Waals surface area contributed by atoms with E-state index in [-0.39, 0.29) is 0 Å². The Morgan fingerprint density at radius 3 is 2.83 bits per heavy atom. The molecule has 120 valence electrons. The van der Waals surface area contributed by atoms with Gasteiger partial charge in [-0.3, -0.25) is 9.38 Å². The molecule has 0 spiro atoms. The van der Waals surface area contributed by atoms with Crippen LogP contribution in [0.5, 0.6) is 0 Å². The predicted octanol–water partition coefficient (Wildman–Crippen LogP) is 3.21. The van der Waals surface area contributed by atoms with Crippen LogP contribution in [0.25, 0.3) is 17.0 Å². The molecule has 0 aromatic carbocycles. The standard InChI is InChI=1S/C18H23N5/c1-3-4-11-22(2)13-16-18(15-7-5-6-10-20-15)21-17-9-8-14(19)12-23(16)17/h5-10,12H,3-4,11,13,19H2,1-2H3. The number of unbranched alkanes of at least 4 members (excludes halogenated alkanes) is 1. The van der Waals surface area contributed by atoms with Crippen molar-refractivity contribution in [2.24, 2.45) is 0 Å². The number of rotatable bonds is 6. The van der Waals surface area contributed by atoms with Crippen LogP contribution in [0.2, 0.25) is 0 Å². The van der Waals surface area contributed by atoms with E-state index < -0.39 is 0 Å². The Bertz CT molecular complexity index is 779. The lowest BCUT2D eigenvalue weighted by molar-refractivity contribution is 0.316. The van der Waals surface area contributed by atoms with Crippen LogP contribution in [0, 0.1) is 0 Å². The van der Waals surface area contributed by atoms with Gasteiger partial charge in [0.15, 0.2) is 0 Å². The van der Waals surface area contributed by atoms with Crippen molar-refractivity contribution in [2.75, 3.05) is 19.3 Å². The third-order valence-corrected chi connectivity index (χ3v) is 3.96. The molecule has 23 heavy (non-hydrogen) atoms. The molecule has 3 aromatic heterocycles. The highest BCUT2D eigenvalue weighted by Crippen LogP contribution is 2.24. The summed E-state index contributed by atoms with van der Waals surface area (Å²) in [5.41, 5.74) is 10.6. The molecule has 0 atom stereocenters. The predicted molar refractivity (Wildman–Crippen MR) is 94.1 cm³/mol. The van der Waals surface area contributed by atoms with Crippen molar-refractivity contribution in [2.45, 2.75) is 26.3 Å². The quantitative estimate of drug-likeness (QED) is 0.759. The molecule has 0 saturated heterocycles. The van der Waals surface area contributed by atoms with Crippen molar-refractivity contribution in [3.05, 3.63) is 48.4 Å². The average Bonchev–Trinajstić information content (AvgIpc) is 2.91. The van der Waals surface area contributed by atoms with E-state index >= 15 is 0 Å². The van der Waals surface area contributed by atoms with E-state index in [4.69, 9.17) is 10.7 Å². The Hall–Kier alpha value is -2.40. The molecule has 0 bridgehead atoms. The number of nitrogen functional groups attached to an aromatic ring is 1. The minimum atomic E-state index is 0.736. The minimum Gasteiger partial charge on any atom is -0.398 e. The van der Waals surface area contributed by atoms with Gasteiger partial charge in [0.25, 0.3) is 0 Å². The molecule has 0 unspecified atom stereocenters. The summed E-state index contributed by atoms with van der Waals surface area (Å²) < 4.78 is 2.09. The van der Waals surface area contributed by atoms with Gasteiger partial charge in [0, 0.05) is 24.6 Å². The minimum absolute atomic E-state index is 0.736. The van der Waals surface area contributed by atoms with Gasteiger partial charge >= 0.3 is 0 Å². The lowest BCUT2D eigenvalue weighted by atomic mass is 10.2. The van der Waals surface area contributed by atoms with Gasteiger partial charge in [-0.15, -0.1) is 0 Å². The van der Waals surface area contributed by atoms with E-state index in [1.807, 2.05) is 36.5 Å². The highest BCUT2D eigenvalue weighted by atomic mass is 15.1. The largest absolute Gasteiger partial charge is 0.398 e. The lowest BCUT2D eigenvalue weighted by Crippen LogP contribution is -2.20. The van der Waals surface area contributed by atoms with E-state index in [1.165, 1.54) is 12.8 Å². The summed E-state index contributed by atoms with van der Waals surface area (Å²) in [6.45, 7) is 4.09. The van der Waals surface area contributed by atoms with Gasteiger partial charge in [-0.05, 0) is 44.3 Å². The van der Waals surface area contributed by atoms with Gasteiger partial charge in [-0.1, -0.05) is 19.4 Å². The maximum absolute atomic E-state index is 5.97. The Morgan fingerprint density at radius 1 is 1.22 bits per heavy atom. The van der Waals surface area contributed by atoms with Gasteiger partial charge in [0.1, 0.15) is 11.3 Å². The molecule has 2 N–H and O–H groups in total. The molecule has 0 aliphatic carbocycles. The summed E-state index contributed by atoms with van der Waals surface area (Å²) in [6, 6.07) is 9.75. The highest BCUT2D eigenvalue weighted by Gasteiger charge is 2.16. The number of aromatic nitrogens is 3. The van der Waals surface area contributed by atoms with Crippen molar-refractivity contribution in [1.29, 1.82) is 0 Å². The number of hydrogen-bond acceptors (Lipinski definition) is 4. The fourth-order valence-corrected chi connectivity index (χ4v) is 2.73. The van der Waals surface area contributed by atoms with Crippen LogP contribution in [0.1, 0.15) is 25.5 Å². The molecule has 0 aliphatic heterocycles. The normalized spacial score (nSPS) is 11.4. The van der Waals surface area contributed by atoms with Crippen LogP contribution in [-0.2, 0) is 6.54 Å². The van der Waals surface area contributed by atoms with E-state index in [0.717, 1.165) is 41.5 Å². The van der Waals surface area contributed by atoms with Crippen molar-refractivity contribution in [1.82, 2.24) is 19.3 Å². The Morgan fingerprint density at radius 2 is 2.09 bits per heavy atom. The second-order valence-corrected chi connectivity index (χ2v) is 5.90. The first-order valence-corrected chi connectivity index (χ1v) is 8.05. The van der Waals surface area contributed by atoms with Gasteiger partial charge in [0.05, 0.1) is 11.4 Å².